The van der Waals surface area contributed by atoms with Gasteiger partial charge in [0, 0.05) is 17.1 Å². The molecule has 6 heteroatoms. The molecule has 0 aliphatic carbocycles. The molecule has 0 atom stereocenters. The van der Waals surface area contributed by atoms with Crippen LogP contribution in [-0.4, -0.2) is 19.2 Å². The maximum atomic E-state index is 9.49. The minimum atomic E-state index is 0.459. The molecule has 3 aromatic rings. The second kappa shape index (κ2) is 8.19. The first kappa shape index (κ1) is 17.5. The first-order chi connectivity index (χ1) is 12.7. The van der Waals surface area contributed by atoms with Crippen LogP contribution in [0.15, 0.2) is 60.1 Å². The molecule has 0 saturated heterocycles. The molecule has 0 amide bonds. The Bertz CT molecular complexity index is 956. The Balaban J connectivity index is 1.82. The summed E-state index contributed by atoms with van der Waals surface area (Å²) in [4.78, 5) is 4.58. The second-order valence-electron chi connectivity index (χ2n) is 5.28. The third kappa shape index (κ3) is 3.85. The highest BCUT2D eigenvalue weighted by molar-refractivity contribution is 7.11. The summed E-state index contributed by atoms with van der Waals surface area (Å²) >= 11 is 1.43. The largest absolute Gasteiger partial charge is 0.497 e. The Hall–Kier alpha value is -3.30. The van der Waals surface area contributed by atoms with Gasteiger partial charge in [0.1, 0.15) is 28.1 Å². The van der Waals surface area contributed by atoms with Crippen LogP contribution in [0.4, 0.5) is 5.69 Å². The number of anilines is 1. The number of methoxy groups -OCH3 is 2. The molecule has 2 aromatic carbocycles. The number of nitrogens with zero attached hydrogens (tertiary/aromatic N) is 2. The van der Waals surface area contributed by atoms with Crippen molar-refractivity contribution in [1.29, 1.82) is 5.26 Å². The number of hydrogen-bond donors (Lipinski definition) is 1. The summed E-state index contributed by atoms with van der Waals surface area (Å²) in [6, 6.07) is 17.4. The Morgan fingerprint density at radius 1 is 1.12 bits per heavy atom. The third-order valence-electron chi connectivity index (χ3n) is 3.72. The van der Waals surface area contributed by atoms with Crippen LogP contribution in [-0.2, 0) is 0 Å². The first-order valence-corrected chi connectivity index (χ1v) is 8.73. The molecule has 0 aliphatic rings. The number of allylic oxidation sites excluding steroid dienone is 1. The van der Waals surface area contributed by atoms with Gasteiger partial charge >= 0.3 is 0 Å². The van der Waals surface area contributed by atoms with Crippen molar-refractivity contribution in [1.82, 2.24) is 4.98 Å². The van der Waals surface area contributed by atoms with Crippen molar-refractivity contribution in [2.45, 2.75) is 0 Å². The van der Waals surface area contributed by atoms with E-state index in [4.69, 9.17) is 9.47 Å². The summed E-state index contributed by atoms with van der Waals surface area (Å²) < 4.78 is 10.5. The normalized spacial score (nSPS) is 10.9. The molecule has 0 bridgehead atoms. The average Bonchev–Trinajstić information content (AvgIpc) is 3.19. The maximum absolute atomic E-state index is 9.49. The summed E-state index contributed by atoms with van der Waals surface area (Å²) in [5.74, 6) is 1.50. The number of aromatic nitrogens is 1. The van der Waals surface area contributed by atoms with Crippen molar-refractivity contribution in [2.75, 3.05) is 19.5 Å². The smallest absolute Gasteiger partial charge is 0.142 e. The number of nitrogens with one attached hydrogen (secondary N) is 1. The van der Waals surface area contributed by atoms with Gasteiger partial charge in [-0.1, -0.05) is 12.1 Å². The predicted molar refractivity (Wildman–Crippen MR) is 104 cm³/mol. The van der Waals surface area contributed by atoms with E-state index in [1.807, 2.05) is 53.9 Å². The van der Waals surface area contributed by atoms with Gasteiger partial charge in [-0.2, -0.15) is 5.26 Å². The number of para-hydroxylation sites is 2. The molecular weight excluding hydrogens is 346 g/mol. The van der Waals surface area contributed by atoms with Crippen molar-refractivity contribution >= 4 is 22.6 Å². The van der Waals surface area contributed by atoms with Crippen molar-refractivity contribution < 1.29 is 9.47 Å². The van der Waals surface area contributed by atoms with Gasteiger partial charge in [0.15, 0.2) is 0 Å². The van der Waals surface area contributed by atoms with Gasteiger partial charge < -0.3 is 14.8 Å². The highest BCUT2D eigenvalue weighted by atomic mass is 32.1. The number of rotatable bonds is 6. The molecular formula is C20H17N3O2S. The number of thiazole rings is 1. The molecule has 1 aromatic heterocycles. The molecule has 130 valence electrons. The van der Waals surface area contributed by atoms with E-state index in [0.29, 0.717) is 16.3 Å². The Kier molecular flexibility index (Phi) is 5.52. The molecule has 5 nitrogen and oxygen atoms in total. The highest BCUT2D eigenvalue weighted by Gasteiger charge is 2.09. The van der Waals surface area contributed by atoms with Gasteiger partial charge in [-0.05, 0) is 36.4 Å². The van der Waals surface area contributed by atoms with Gasteiger partial charge in [-0.15, -0.1) is 11.3 Å². The van der Waals surface area contributed by atoms with Gasteiger partial charge in [0.25, 0.3) is 0 Å². The lowest BCUT2D eigenvalue weighted by Gasteiger charge is -2.07. The van der Waals surface area contributed by atoms with Crippen LogP contribution >= 0.6 is 11.3 Å². The Morgan fingerprint density at radius 3 is 2.58 bits per heavy atom. The molecule has 1 heterocycles. The molecule has 0 spiro atoms. The zero-order valence-corrected chi connectivity index (χ0v) is 15.2. The quantitative estimate of drug-likeness (QED) is 0.637. The summed E-state index contributed by atoms with van der Waals surface area (Å²) in [6.07, 6.45) is 1.65. The fraction of sp³-hybridized carbons (Fsp3) is 0.100. The maximum Gasteiger partial charge on any atom is 0.142 e. The van der Waals surface area contributed by atoms with E-state index < -0.39 is 0 Å². The number of ether oxygens (including phenoxy) is 2. The zero-order valence-electron chi connectivity index (χ0n) is 14.4. The molecule has 3 rings (SSSR count). The molecule has 0 saturated carbocycles. The van der Waals surface area contributed by atoms with Gasteiger partial charge in [0.05, 0.1) is 25.6 Å². The lowest BCUT2D eigenvalue weighted by atomic mass is 10.2. The fourth-order valence-corrected chi connectivity index (χ4v) is 3.14. The minimum absolute atomic E-state index is 0.459. The highest BCUT2D eigenvalue weighted by Crippen LogP contribution is 2.28. The van der Waals surface area contributed by atoms with Gasteiger partial charge in [-0.25, -0.2) is 4.98 Å². The molecule has 0 unspecified atom stereocenters. The van der Waals surface area contributed by atoms with Crippen LogP contribution in [0.25, 0.3) is 16.8 Å². The standard InChI is InChI=1S/C20H17N3O2S/c1-24-16-9-7-14(8-10-16)18-13-26-20(23-18)15(11-21)12-22-17-5-3-4-6-19(17)25-2/h3-10,12-13,22H,1-2H3/b15-12+. The Labute approximate surface area is 156 Å². The van der Waals surface area contributed by atoms with Crippen molar-refractivity contribution in [3.63, 3.8) is 0 Å². The van der Waals surface area contributed by atoms with Crippen LogP contribution in [0.1, 0.15) is 5.01 Å². The molecule has 1 N–H and O–H groups in total. The van der Waals surface area contributed by atoms with E-state index >= 15 is 0 Å². The van der Waals surface area contributed by atoms with E-state index in [0.717, 1.165) is 22.7 Å². The SMILES string of the molecule is COc1ccc(-c2csc(/C(C#N)=C/Nc3ccccc3OC)n2)cc1. The lowest BCUT2D eigenvalue weighted by Crippen LogP contribution is -1.94. The summed E-state index contributed by atoms with van der Waals surface area (Å²) in [5, 5.41) is 15.2. The van der Waals surface area contributed by atoms with Crippen molar-refractivity contribution in [2.24, 2.45) is 0 Å². The van der Waals surface area contributed by atoms with Crippen LogP contribution in [0, 0.1) is 11.3 Å². The summed E-state index contributed by atoms with van der Waals surface area (Å²) in [5.41, 5.74) is 3.05. The number of hydrogen-bond acceptors (Lipinski definition) is 6. The van der Waals surface area contributed by atoms with E-state index in [1.165, 1.54) is 11.3 Å². The van der Waals surface area contributed by atoms with E-state index in [9.17, 15) is 5.26 Å². The number of nitriles is 1. The Morgan fingerprint density at radius 2 is 1.88 bits per heavy atom. The zero-order chi connectivity index (χ0) is 18.4. The molecule has 26 heavy (non-hydrogen) atoms. The predicted octanol–water partition coefficient (Wildman–Crippen LogP) is 4.80. The van der Waals surface area contributed by atoms with E-state index in [-0.39, 0.29) is 0 Å². The lowest BCUT2D eigenvalue weighted by molar-refractivity contribution is 0.415. The molecule has 0 radical (unpaired) electrons. The van der Waals surface area contributed by atoms with Crippen LogP contribution in [0.2, 0.25) is 0 Å². The number of benzene rings is 2. The molecule has 0 fully saturated rings. The summed E-state index contributed by atoms with van der Waals surface area (Å²) in [7, 11) is 3.24. The minimum Gasteiger partial charge on any atom is -0.497 e. The van der Waals surface area contributed by atoms with E-state index in [1.54, 1.807) is 20.4 Å². The first-order valence-electron chi connectivity index (χ1n) is 7.85. The van der Waals surface area contributed by atoms with Gasteiger partial charge in [-0.3, -0.25) is 0 Å². The van der Waals surface area contributed by atoms with Crippen LogP contribution in [0.5, 0.6) is 11.5 Å². The molecule has 0 aliphatic heterocycles. The second-order valence-corrected chi connectivity index (χ2v) is 6.14. The topological polar surface area (TPSA) is 67.2 Å². The van der Waals surface area contributed by atoms with Crippen LogP contribution in [0.3, 0.4) is 0 Å². The van der Waals surface area contributed by atoms with Crippen LogP contribution < -0.4 is 14.8 Å². The average molecular weight is 363 g/mol. The van der Waals surface area contributed by atoms with Crippen molar-refractivity contribution in [3.05, 3.63) is 65.1 Å². The van der Waals surface area contributed by atoms with Crippen molar-refractivity contribution in [3.8, 4) is 28.8 Å². The summed E-state index contributed by atoms with van der Waals surface area (Å²) in [6.45, 7) is 0. The van der Waals surface area contributed by atoms with E-state index in [2.05, 4.69) is 16.4 Å². The van der Waals surface area contributed by atoms with Gasteiger partial charge in [0.2, 0.25) is 0 Å². The fourth-order valence-electron chi connectivity index (χ4n) is 2.35. The monoisotopic (exact) mass is 363 g/mol. The third-order valence-corrected chi connectivity index (χ3v) is 4.60.